The van der Waals surface area contributed by atoms with Crippen LogP contribution in [-0.4, -0.2) is 18.7 Å². The van der Waals surface area contributed by atoms with Gasteiger partial charge in [0.05, 0.1) is 0 Å². The summed E-state index contributed by atoms with van der Waals surface area (Å²) in [4.78, 5) is 10.7. The van der Waals surface area contributed by atoms with E-state index in [1.165, 1.54) is 0 Å². The lowest BCUT2D eigenvalue weighted by Crippen LogP contribution is -2.18. The lowest BCUT2D eigenvalue weighted by atomic mass is 10.1. The standard InChI is InChI=1S/C12H11Cl2F2NO3S/c1-11(6-12(11,13)14)5-10(18)17-7-2-3-9(8(15)4-7)21(16,19)20/h2-4H,5-6H2,1H3,(H,17,18). The van der Waals surface area contributed by atoms with E-state index in [0.29, 0.717) is 6.42 Å². The first-order valence-electron chi connectivity index (χ1n) is 5.87. The topological polar surface area (TPSA) is 63.2 Å². The Labute approximate surface area is 130 Å². The van der Waals surface area contributed by atoms with Crippen molar-refractivity contribution in [2.45, 2.75) is 29.0 Å². The molecule has 1 fully saturated rings. The predicted octanol–water partition coefficient (Wildman–Crippen LogP) is 3.40. The minimum Gasteiger partial charge on any atom is -0.326 e. The van der Waals surface area contributed by atoms with Crippen LogP contribution in [0, 0.1) is 11.2 Å². The van der Waals surface area contributed by atoms with Gasteiger partial charge in [-0.3, -0.25) is 4.79 Å². The average molecular weight is 358 g/mol. The molecule has 0 aromatic heterocycles. The van der Waals surface area contributed by atoms with E-state index >= 15 is 0 Å². The Bertz CT molecular complexity index is 708. The normalized spacial score (nSPS) is 23.7. The second-order valence-corrected chi connectivity index (χ2v) is 8.05. The molecule has 1 amide bonds. The van der Waals surface area contributed by atoms with Crippen molar-refractivity contribution in [1.82, 2.24) is 0 Å². The minimum absolute atomic E-state index is 0.0175. The van der Waals surface area contributed by atoms with Gasteiger partial charge in [0.15, 0.2) is 0 Å². The summed E-state index contributed by atoms with van der Waals surface area (Å²) in [5, 5.41) is 2.38. The van der Waals surface area contributed by atoms with E-state index in [1.54, 1.807) is 6.92 Å². The number of benzene rings is 1. The first-order valence-corrected chi connectivity index (χ1v) is 8.00. The Morgan fingerprint density at radius 3 is 2.43 bits per heavy atom. The third-order valence-corrected chi connectivity index (χ3v) is 5.44. The van der Waals surface area contributed by atoms with Crippen molar-refractivity contribution in [3.05, 3.63) is 24.0 Å². The van der Waals surface area contributed by atoms with Crippen molar-refractivity contribution >= 4 is 45.0 Å². The van der Waals surface area contributed by atoms with Gasteiger partial charge in [0, 0.05) is 17.5 Å². The number of anilines is 1. The summed E-state index contributed by atoms with van der Waals surface area (Å²) in [6.45, 7) is 1.74. The second kappa shape index (κ2) is 5.07. The summed E-state index contributed by atoms with van der Waals surface area (Å²) >= 11 is 11.8. The van der Waals surface area contributed by atoms with Gasteiger partial charge < -0.3 is 5.32 Å². The maximum atomic E-state index is 13.5. The first-order chi connectivity index (χ1) is 9.45. The Hall–Kier alpha value is -0.920. The number of halogens is 4. The molecule has 21 heavy (non-hydrogen) atoms. The minimum atomic E-state index is -5.14. The van der Waals surface area contributed by atoms with E-state index in [9.17, 15) is 21.5 Å². The first kappa shape index (κ1) is 16.5. The van der Waals surface area contributed by atoms with Gasteiger partial charge in [-0.25, -0.2) is 4.39 Å². The molecule has 116 valence electrons. The summed E-state index contributed by atoms with van der Waals surface area (Å²) in [5.41, 5.74) is -0.537. The molecule has 0 aliphatic heterocycles. The number of carbonyl (C=O) groups excluding carboxylic acids is 1. The molecule has 0 saturated heterocycles. The monoisotopic (exact) mass is 357 g/mol. The van der Waals surface area contributed by atoms with E-state index < -0.39 is 36.6 Å². The van der Waals surface area contributed by atoms with Crippen LogP contribution in [0.2, 0.25) is 0 Å². The van der Waals surface area contributed by atoms with E-state index in [0.717, 1.165) is 18.2 Å². The highest BCUT2D eigenvalue weighted by Crippen LogP contribution is 2.65. The molecule has 9 heteroatoms. The quantitative estimate of drug-likeness (QED) is 0.663. The molecule has 1 atom stereocenters. The van der Waals surface area contributed by atoms with E-state index in [2.05, 4.69) is 5.32 Å². The van der Waals surface area contributed by atoms with Crippen LogP contribution in [0.1, 0.15) is 19.8 Å². The Kier molecular flexibility index (Phi) is 3.97. The zero-order valence-electron chi connectivity index (χ0n) is 10.8. The zero-order valence-corrected chi connectivity index (χ0v) is 13.1. The van der Waals surface area contributed by atoms with Gasteiger partial charge >= 0.3 is 10.2 Å². The highest BCUT2D eigenvalue weighted by Gasteiger charge is 2.63. The summed E-state index contributed by atoms with van der Waals surface area (Å²) < 4.78 is 46.5. The third kappa shape index (κ3) is 3.46. The van der Waals surface area contributed by atoms with E-state index in [4.69, 9.17) is 23.2 Å². The lowest BCUT2D eigenvalue weighted by Gasteiger charge is -2.12. The third-order valence-electron chi connectivity index (χ3n) is 3.40. The maximum Gasteiger partial charge on any atom is 0.335 e. The van der Waals surface area contributed by atoms with Gasteiger partial charge in [0.25, 0.3) is 0 Å². The average Bonchev–Trinajstić information content (AvgIpc) is 2.73. The van der Waals surface area contributed by atoms with Crippen LogP contribution >= 0.6 is 23.2 Å². The number of alkyl halides is 2. The van der Waals surface area contributed by atoms with Gasteiger partial charge in [-0.05, 0) is 24.6 Å². The molecule has 0 bridgehead atoms. The van der Waals surface area contributed by atoms with Crippen LogP contribution in [0.4, 0.5) is 14.0 Å². The van der Waals surface area contributed by atoms with Crippen LogP contribution in [0.3, 0.4) is 0 Å². The zero-order chi connectivity index (χ0) is 16.1. The fraction of sp³-hybridized carbons (Fsp3) is 0.417. The molecular weight excluding hydrogens is 347 g/mol. The van der Waals surface area contributed by atoms with Gasteiger partial charge in [-0.1, -0.05) is 6.92 Å². The summed E-state index contributed by atoms with van der Waals surface area (Å²) in [6, 6.07) is 2.57. The molecule has 1 aliphatic carbocycles. The van der Waals surface area contributed by atoms with Crippen LogP contribution in [-0.2, 0) is 15.0 Å². The van der Waals surface area contributed by atoms with Crippen LogP contribution < -0.4 is 5.32 Å². The molecule has 1 N–H and O–H groups in total. The van der Waals surface area contributed by atoms with E-state index in [1.807, 2.05) is 0 Å². The second-order valence-electron chi connectivity index (χ2n) is 5.25. The Morgan fingerprint density at radius 2 is 2.00 bits per heavy atom. The summed E-state index contributed by atoms with van der Waals surface area (Å²) in [5.74, 6) is -1.73. The maximum absolute atomic E-state index is 13.5. The number of carbonyl (C=O) groups is 1. The molecule has 0 spiro atoms. The van der Waals surface area contributed by atoms with E-state index in [-0.39, 0.29) is 12.1 Å². The smallest absolute Gasteiger partial charge is 0.326 e. The summed E-state index contributed by atoms with van der Waals surface area (Å²) in [6.07, 6.45) is 0.495. The largest absolute Gasteiger partial charge is 0.335 e. The van der Waals surface area contributed by atoms with Gasteiger partial charge in [0.1, 0.15) is 15.0 Å². The molecule has 1 unspecified atom stereocenters. The molecular formula is C12H11Cl2F2NO3S. The molecule has 1 saturated carbocycles. The van der Waals surface area contributed by atoms with Crippen molar-refractivity contribution in [1.29, 1.82) is 0 Å². The number of rotatable bonds is 4. The number of hydrogen-bond acceptors (Lipinski definition) is 3. The fourth-order valence-corrected chi connectivity index (χ4v) is 3.22. The molecule has 1 aliphatic rings. The van der Waals surface area contributed by atoms with Crippen LogP contribution in [0.25, 0.3) is 0 Å². The highest BCUT2D eigenvalue weighted by atomic mass is 35.5. The molecule has 2 rings (SSSR count). The van der Waals surface area contributed by atoms with Crippen LogP contribution in [0.5, 0.6) is 0 Å². The summed E-state index contributed by atoms with van der Waals surface area (Å²) in [7, 11) is -5.14. The van der Waals surface area contributed by atoms with Crippen molar-refractivity contribution in [3.63, 3.8) is 0 Å². The van der Waals surface area contributed by atoms with Crippen molar-refractivity contribution in [3.8, 4) is 0 Å². The van der Waals surface area contributed by atoms with Gasteiger partial charge in [0.2, 0.25) is 5.91 Å². The molecule has 1 aromatic carbocycles. The number of nitrogens with one attached hydrogen (secondary N) is 1. The van der Waals surface area contributed by atoms with Gasteiger partial charge in [-0.2, -0.15) is 8.42 Å². The molecule has 4 nitrogen and oxygen atoms in total. The SMILES string of the molecule is CC1(CC(=O)Nc2ccc(S(=O)(=O)F)c(F)c2)CC1(Cl)Cl. The van der Waals surface area contributed by atoms with Crippen molar-refractivity contribution in [2.24, 2.45) is 5.41 Å². The lowest BCUT2D eigenvalue weighted by molar-refractivity contribution is -0.117. The van der Waals surface area contributed by atoms with Crippen molar-refractivity contribution in [2.75, 3.05) is 5.32 Å². The number of hydrogen-bond donors (Lipinski definition) is 1. The highest BCUT2D eigenvalue weighted by molar-refractivity contribution is 7.86. The van der Waals surface area contributed by atoms with Gasteiger partial charge in [-0.15, -0.1) is 27.1 Å². The Balaban J connectivity index is 2.08. The predicted molar refractivity (Wildman–Crippen MR) is 75.1 cm³/mol. The number of amides is 1. The Morgan fingerprint density at radius 1 is 1.43 bits per heavy atom. The van der Waals surface area contributed by atoms with Crippen molar-refractivity contribution < 1.29 is 21.5 Å². The molecule has 0 heterocycles. The molecule has 1 aromatic rings. The van der Waals surface area contributed by atoms with Crippen LogP contribution in [0.15, 0.2) is 23.1 Å². The fourth-order valence-electron chi connectivity index (χ4n) is 1.97. The molecule has 0 radical (unpaired) electrons.